The van der Waals surface area contributed by atoms with Gasteiger partial charge < -0.3 is 20.3 Å². The van der Waals surface area contributed by atoms with Crippen LogP contribution in [0.25, 0.3) is 0 Å². The Morgan fingerprint density at radius 1 is 1.14 bits per heavy atom. The normalized spacial score (nSPS) is 18.4. The zero-order valence-corrected chi connectivity index (χ0v) is 12.4. The van der Waals surface area contributed by atoms with E-state index in [1.54, 1.807) is 0 Å². The number of anilines is 1. The first-order valence-electron chi connectivity index (χ1n) is 7.81. The Kier molecular flexibility index (Phi) is 4.51. The van der Waals surface area contributed by atoms with Crippen molar-refractivity contribution in [2.45, 2.75) is 38.3 Å². The Morgan fingerprint density at radius 3 is 2.48 bits per heavy atom. The van der Waals surface area contributed by atoms with Crippen LogP contribution in [0, 0.1) is 0 Å². The molecule has 0 radical (unpaired) electrons. The molecule has 0 amide bonds. The number of aliphatic hydroxyl groups excluding tert-OH is 1. The Hall–Kier alpha value is -1.46. The molecule has 0 aromatic heterocycles. The number of rotatable bonds is 5. The maximum atomic E-state index is 9.32. The van der Waals surface area contributed by atoms with Gasteiger partial charge in [-0.25, -0.2) is 0 Å². The SMILES string of the molecule is Nc1cc2c(cc1CN(CCO)C1CCCC1)OCCO2. The fourth-order valence-corrected chi connectivity index (χ4v) is 3.29. The van der Waals surface area contributed by atoms with Gasteiger partial charge in [0.2, 0.25) is 0 Å². The van der Waals surface area contributed by atoms with Crippen molar-refractivity contribution in [2.75, 3.05) is 32.1 Å². The van der Waals surface area contributed by atoms with Crippen molar-refractivity contribution in [3.05, 3.63) is 17.7 Å². The molecule has 0 spiro atoms. The predicted octanol–water partition coefficient (Wildman–Crippen LogP) is 1.78. The van der Waals surface area contributed by atoms with Gasteiger partial charge >= 0.3 is 0 Å². The first kappa shape index (κ1) is 14.5. The van der Waals surface area contributed by atoms with Crippen molar-refractivity contribution in [1.29, 1.82) is 0 Å². The summed E-state index contributed by atoms with van der Waals surface area (Å²) in [5.74, 6) is 1.51. The molecule has 3 N–H and O–H groups in total. The number of nitrogens with zero attached hydrogens (tertiary/aromatic N) is 1. The first-order chi connectivity index (χ1) is 10.3. The van der Waals surface area contributed by atoms with Crippen molar-refractivity contribution in [3.8, 4) is 11.5 Å². The Labute approximate surface area is 125 Å². The lowest BCUT2D eigenvalue weighted by molar-refractivity contribution is 0.144. The standard InChI is InChI=1S/C16H24N2O3/c17-14-10-16-15(20-7-8-21-16)9-12(14)11-18(5-6-19)13-3-1-2-4-13/h9-10,13,19H,1-8,11,17H2. The number of benzene rings is 1. The molecule has 2 aliphatic rings. The molecule has 116 valence electrons. The van der Waals surface area contributed by atoms with Gasteiger partial charge in [-0.2, -0.15) is 0 Å². The molecule has 1 aromatic carbocycles. The minimum absolute atomic E-state index is 0.182. The van der Waals surface area contributed by atoms with Crippen LogP contribution in [-0.4, -0.2) is 42.4 Å². The largest absolute Gasteiger partial charge is 0.486 e. The second kappa shape index (κ2) is 6.54. The van der Waals surface area contributed by atoms with E-state index in [-0.39, 0.29) is 6.61 Å². The Morgan fingerprint density at radius 2 is 1.81 bits per heavy atom. The number of hydrogen-bond donors (Lipinski definition) is 2. The second-order valence-electron chi connectivity index (χ2n) is 5.83. The molecule has 1 saturated carbocycles. The molecule has 0 saturated heterocycles. The fourth-order valence-electron chi connectivity index (χ4n) is 3.29. The summed E-state index contributed by atoms with van der Waals surface area (Å²) >= 11 is 0. The molecule has 5 nitrogen and oxygen atoms in total. The molecule has 0 unspecified atom stereocenters. The Balaban J connectivity index is 1.78. The summed E-state index contributed by atoms with van der Waals surface area (Å²) in [4.78, 5) is 2.34. The molecule has 1 heterocycles. The summed E-state index contributed by atoms with van der Waals surface area (Å²) in [5, 5.41) is 9.32. The number of ether oxygens (including phenoxy) is 2. The summed E-state index contributed by atoms with van der Waals surface area (Å²) in [6.07, 6.45) is 4.99. The molecule has 0 atom stereocenters. The van der Waals surface area contributed by atoms with Crippen molar-refractivity contribution >= 4 is 5.69 Å². The smallest absolute Gasteiger partial charge is 0.163 e. The highest BCUT2D eigenvalue weighted by molar-refractivity contribution is 5.58. The van der Waals surface area contributed by atoms with E-state index in [2.05, 4.69) is 4.90 Å². The minimum Gasteiger partial charge on any atom is -0.486 e. The highest BCUT2D eigenvalue weighted by atomic mass is 16.6. The molecular weight excluding hydrogens is 268 g/mol. The van der Waals surface area contributed by atoms with E-state index in [0.29, 0.717) is 25.8 Å². The summed E-state index contributed by atoms with van der Waals surface area (Å²) in [6, 6.07) is 4.41. The fraction of sp³-hybridized carbons (Fsp3) is 0.625. The van der Waals surface area contributed by atoms with E-state index in [1.807, 2.05) is 12.1 Å². The number of aliphatic hydroxyl groups is 1. The zero-order valence-electron chi connectivity index (χ0n) is 12.4. The maximum absolute atomic E-state index is 9.32. The zero-order chi connectivity index (χ0) is 14.7. The topological polar surface area (TPSA) is 68.0 Å². The highest BCUT2D eigenvalue weighted by Gasteiger charge is 2.24. The molecule has 1 aromatic rings. The van der Waals surface area contributed by atoms with Crippen LogP contribution in [0.15, 0.2) is 12.1 Å². The van der Waals surface area contributed by atoms with E-state index < -0.39 is 0 Å². The van der Waals surface area contributed by atoms with Gasteiger partial charge in [0, 0.05) is 30.9 Å². The van der Waals surface area contributed by atoms with Gasteiger partial charge in [-0.05, 0) is 24.5 Å². The lowest BCUT2D eigenvalue weighted by Gasteiger charge is -2.29. The van der Waals surface area contributed by atoms with Gasteiger partial charge in [0.25, 0.3) is 0 Å². The van der Waals surface area contributed by atoms with Crippen LogP contribution in [0.1, 0.15) is 31.2 Å². The Bertz CT molecular complexity index is 487. The van der Waals surface area contributed by atoms with Gasteiger partial charge in [0.05, 0.1) is 6.61 Å². The van der Waals surface area contributed by atoms with Crippen LogP contribution in [0.5, 0.6) is 11.5 Å². The van der Waals surface area contributed by atoms with Crippen molar-refractivity contribution in [1.82, 2.24) is 4.90 Å². The second-order valence-corrected chi connectivity index (χ2v) is 5.83. The van der Waals surface area contributed by atoms with Crippen LogP contribution >= 0.6 is 0 Å². The van der Waals surface area contributed by atoms with Gasteiger partial charge in [-0.1, -0.05) is 12.8 Å². The van der Waals surface area contributed by atoms with Crippen molar-refractivity contribution < 1.29 is 14.6 Å². The third kappa shape index (κ3) is 3.24. The summed E-state index contributed by atoms with van der Waals surface area (Å²) < 4.78 is 11.2. The van der Waals surface area contributed by atoms with Gasteiger partial charge in [-0.15, -0.1) is 0 Å². The van der Waals surface area contributed by atoms with Gasteiger partial charge in [0.1, 0.15) is 13.2 Å². The van der Waals surface area contributed by atoms with Crippen LogP contribution in [0.2, 0.25) is 0 Å². The van der Waals surface area contributed by atoms with Crippen LogP contribution in [0.4, 0.5) is 5.69 Å². The monoisotopic (exact) mass is 292 g/mol. The molecule has 1 fully saturated rings. The van der Waals surface area contributed by atoms with E-state index in [4.69, 9.17) is 15.2 Å². The average Bonchev–Trinajstić information content (AvgIpc) is 3.01. The number of nitrogen functional groups attached to an aromatic ring is 1. The maximum Gasteiger partial charge on any atom is 0.163 e. The lowest BCUT2D eigenvalue weighted by Crippen LogP contribution is -2.35. The van der Waals surface area contributed by atoms with E-state index in [9.17, 15) is 5.11 Å². The average molecular weight is 292 g/mol. The third-order valence-corrected chi connectivity index (χ3v) is 4.41. The predicted molar refractivity (Wildman–Crippen MR) is 81.6 cm³/mol. The van der Waals surface area contributed by atoms with Crippen LogP contribution in [-0.2, 0) is 6.54 Å². The lowest BCUT2D eigenvalue weighted by atomic mass is 10.1. The van der Waals surface area contributed by atoms with E-state index in [0.717, 1.165) is 29.3 Å². The van der Waals surface area contributed by atoms with E-state index >= 15 is 0 Å². The quantitative estimate of drug-likeness (QED) is 0.810. The molecule has 21 heavy (non-hydrogen) atoms. The molecule has 1 aliphatic carbocycles. The van der Waals surface area contributed by atoms with Crippen LogP contribution in [0.3, 0.4) is 0 Å². The molecule has 5 heteroatoms. The third-order valence-electron chi connectivity index (χ3n) is 4.41. The summed E-state index contributed by atoms with van der Waals surface area (Å²) in [7, 11) is 0. The molecule has 3 rings (SSSR count). The molecule has 0 bridgehead atoms. The summed E-state index contributed by atoms with van der Waals surface area (Å²) in [6.45, 7) is 2.79. The van der Waals surface area contributed by atoms with Crippen molar-refractivity contribution in [2.24, 2.45) is 0 Å². The van der Waals surface area contributed by atoms with E-state index in [1.165, 1.54) is 25.7 Å². The van der Waals surface area contributed by atoms with Crippen molar-refractivity contribution in [3.63, 3.8) is 0 Å². The van der Waals surface area contributed by atoms with Gasteiger partial charge in [0.15, 0.2) is 11.5 Å². The number of fused-ring (bicyclic) bond motifs is 1. The first-order valence-corrected chi connectivity index (χ1v) is 7.81. The van der Waals surface area contributed by atoms with Crippen LogP contribution < -0.4 is 15.2 Å². The minimum atomic E-state index is 0.182. The molecular formula is C16H24N2O3. The molecule has 1 aliphatic heterocycles. The summed E-state index contributed by atoms with van der Waals surface area (Å²) in [5.41, 5.74) is 7.95. The number of hydrogen-bond acceptors (Lipinski definition) is 5. The van der Waals surface area contributed by atoms with Gasteiger partial charge in [-0.3, -0.25) is 4.90 Å². The number of nitrogens with two attached hydrogens (primary N) is 1. The highest BCUT2D eigenvalue weighted by Crippen LogP contribution is 2.35.